The van der Waals surface area contributed by atoms with E-state index in [1.165, 1.54) is 9.87 Å². The fourth-order valence-corrected chi connectivity index (χ4v) is 5.16. The summed E-state index contributed by atoms with van der Waals surface area (Å²) in [7, 11) is -3.48. The van der Waals surface area contributed by atoms with E-state index in [1.54, 1.807) is 29.5 Å². The monoisotopic (exact) mass is 445 g/mol. The van der Waals surface area contributed by atoms with Crippen molar-refractivity contribution in [2.75, 3.05) is 18.4 Å². The first-order chi connectivity index (χ1) is 14.4. The van der Waals surface area contributed by atoms with Crippen LogP contribution in [0, 0.1) is 6.92 Å². The van der Waals surface area contributed by atoms with Crippen LogP contribution in [0.25, 0.3) is 0 Å². The number of anilines is 1. The maximum Gasteiger partial charge on any atom is 0.243 e. The quantitative estimate of drug-likeness (QED) is 0.491. The Morgan fingerprint density at radius 3 is 2.53 bits per heavy atom. The molecule has 0 amide bonds. The fraction of sp³-hybridized carbons (Fsp3) is 0.318. The molecule has 160 valence electrons. The van der Waals surface area contributed by atoms with Crippen LogP contribution >= 0.6 is 11.3 Å². The summed E-state index contributed by atoms with van der Waals surface area (Å²) >= 11 is 1.55. The summed E-state index contributed by atoms with van der Waals surface area (Å²) in [4.78, 5) is 4.88. The predicted octanol–water partition coefficient (Wildman–Crippen LogP) is 4.67. The van der Waals surface area contributed by atoms with Crippen molar-refractivity contribution < 1.29 is 13.2 Å². The van der Waals surface area contributed by atoms with Crippen LogP contribution in [0.15, 0.2) is 58.8 Å². The van der Waals surface area contributed by atoms with Gasteiger partial charge in [0.15, 0.2) is 0 Å². The van der Waals surface area contributed by atoms with Crippen molar-refractivity contribution in [3.05, 3.63) is 70.2 Å². The van der Waals surface area contributed by atoms with Crippen LogP contribution < -0.4 is 10.1 Å². The second-order valence-electron chi connectivity index (χ2n) is 6.81. The molecule has 3 aromatic rings. The van der Waals surface area contributed by atoms with E-state index >= 15 is 0 Å². The zero-order valence-corrected chi connectivity index (χ0v) is 19.1. The summed E-state index contributed by atoms with van der Waals surface area (Å²) in [5.41, 5.74) is 2.83. The molecule has 1 heterocycles. The molecule has 0 saturated heterocycles. The van der Waals surface area contributed by atoms with Gasteiger partial charge in [-0.2, -0.15) is 4.31 Å². The molecule has 0 fully saturated rings. The Morgan fingerprint density at radius 1 is 1.10 bits per heavy atom. The van der Waals surface area contributed by atoms with Crippen LogP contribution in [-0.4, -0.2) is 30.8 Å². The van der Waals surface area contributed by atoms with Gasteiger partial charge in [-0.25, -0.2) is 13.4 Å². The maximum atomic E-state index is 12.7. The minimum atomic E-state index is -3.48. The average molecular weight is 446 g/mol. The number of nitrogens with zero attached hydrogens (tertiary/aromatic N) is 2. The van der Waals surface area contributed by atoms with Gasteiger partial charge in [0, 0.05) is 24.2 Å². The van der Waals surface area contributed by atoms with Crippen molar-refractivity contribution in [3.63, 3.8) is 0 Å². The van der Waals surface area contributed by atoms with Crippen molar-refractivity contribution in [3.8, 4) is 5.75 Å². The first kappa shape index (κ1) is 22.3. The fourth-order valence-electron chi connectivity index (χ4n) is 2.95. The van der Waals surface area contributed by atoms with Crippen molar-refractivity contribution in [2.45, 2.75) is 38.8 Å². The molecule has 30 heavy (non-hydrogen) atoms. The molecule has 1 N–H and O–H groups in total. The van der Waals surface area contributed by atoms with Gasteiger partial charge in [-0.1, -0.05) is 37.6 Å². The lowest BCUT2D eigenvalue weighted by atomic mass is 10.2. The SMILES string of the molecule is CCN(CC)S(=O)(=O)c1cccc(NCc2csc(COc3ccc(C)cc3)n2)c1. The van der Waals surface area contributed by atoms with Crippen molar-refractivity contribution in [1.82, 2.24) is 9.29 Å². The predicted molar refractivity (Wildman–Crippen MR) is 122 cm³/mol. The molecular weight excluding hydrogens is 418 g/mol. The highest BCUT2D eigenvalue weighted by molar-refractivity contribution is 7.89. The summed E-state index contributed by atoms with van der Waals surface area (Å²) < 4.78 is 32.6. The highest BCUT2D eigenvalue weighted by Gasteiger charge is 2.21. The van der Waals surface area contributed by atoms with Gasteiger partial charge < -0.3 is 10.1 Å². The third kappa shape index (κ3) is 5.59. The van der Waals surface area contributed by atoms with Crippen LogP contribution in [0.4, 0.5) is 5.69 Å². The number of aromatic nitrogens is 1. The molecule has 8 heteroatoms. The molecule has 3 rings (SSSR count). The van der Waals surface area contributed by atoms with E-state index in [4.69, 9.17) is 4.74 Å². The number of aryl methyl sites for hydroxylation is 1. The summed E-state index contributed by atoms with van der Waals surface area (Å²) in [6.45, 7) is 7.54. The smallest absolute Gasteiger partial charge is 0.243 e. The average Bonchev–Trinajstić information content (AvgIpc) is 3.21. The van der Waals surface area contributed by atoms with Gasteiger partial charge in [-0.15, -0.1) is 11.3 Å². The Bertz CT molecular complexity index is 1060. The lowest BCUT2D eigenvalue weighted by Crippen LogP contribution is -2.30. The molecule has 6 nitrogen and oxygen atoms in total. The summed E-state index contributed by atoms with van der Waals surface area (Å²) in [5, 5.41) is 6.14. The van der Waals surface area contributed by atoms with Gasteiger partial charge >= 0.3 is 0 Å². The van der Waals surface area contributed by atoms with Crippen molar-refractivity contribution in [1.29, 1.82) is 0 Å². The van der Waals surface area contributed by atoms with Gasteiger partial charge in [0.05, 0.1) is 17.1 Å². The maximum absolute atomic E-state index is 12.7. The molecule has 0 aliphatic carbocycles. The van der Waals surface area contributed by atoms with Gasteiger partial charge in [-0.3, -0.25) is 0 Å². The van der Waals surface area contributed by atoms with Crippen LogP contribution in [0.2, 0.25) is 0 Å². The van der Waals surface area contributed by atoms with Crippen molar-refractivity contribution in [2.24, 2.45) is 0 Å². The Hall–Kier alpha value is -2.42. The number of benzene rings is 2. The molecule has 0 radical (unpaired) electrons. The number of sulfonamides is 1. The van der Waals surface area contributed by atoms with Gasteiger partial charge in [0.25, 0.3) is 0 Å². The normalized spacial score (nSPS) is 11.6. The highest BCUT2D eigenvalue weighted by atomic mass is 32.2. The molecule has 0 bridgehead atoms. The molecule has 0 aliphatic rings. The van der Waals surface area contributed by atoms with E-state index in [-0.39, 0.29) is 0 Å². The largest absolute Gasteiger partial charge is 0.486 e. The van der Waals surface area contributed by atoms with Crippen LogP contribution in [0.1, 0.15) is 30.1 Å². The third-order valence-electron chi connectivity index (χ3n) is 4.63. The lowest BCUT2D eigenvalue weighted by molar-refractivity contribution is 0.305. The number of hydrogen-bond donors (Lipinski definition) is 1. The van der Waals surface area contributed by atoms with Crippen molar-refractivity contribution >= 4 is 27.0 Å². The number of hydrogen-bond acceptors (Lipinski definition) is 6. The standard InChI is InChI=1S/C22H27N3O3S2/c1-4-25(5-2)30(26,27)21-8-6-7-18(13-21)23-14-19-16-29-22(24-19)15-28-20-11-9-17(3)10-12-20/h6-13,16,23H,4-5,14-15H2,1-3H3. The summed E-state index contributed by atoms with van der Waals surface area (Å²) in [5.74, 6) is 0.821. The molecular formula is C22H27N3O3S2. The van der Waals surface area contributed by atoms with Crippen LogP contribution in [0.5, 0.6) is 5.75 Å². The lowest BCUT2D eigenvalue weighted by Gasteiger charge is -2.19. The number of thiazole rings is 1. The minimum Gasteiger partial charge on any atom is -0.486 e. The van der Waals surface area contributed by atoms with Gasteiger partial charge in [0.1, 0.15) is 17.4 Å². The Kier molecular flexibility index (Phi) is 7.47. The zero-order valence-electron chi connectivity index (χ0n) is 17.5. The Labute approximate surface area is 182 Å². The molecule has 0 aliphatic heterocycles. The number of rotatable bonds is 10. The summed E-state index contributed by atoms with van der Waals surface area (Å²) in [6.07, 6.45) is 0. The van der Waals surface area contributed by atoms with E-state index < -0.39 is 10.0 Å². The minimum absolute atomic E-state index is 0.293. The third-order valence-corrected chi connectivity index (χ3v) is 7.55. The molecule has 0 unspecified atom stereocenters. The number of ether oxygens (including phenoxy) is 1. The van der Waals surface area contributed by atoms with E-state index in [1.807, 2.05) is 56.5 Å². The topological polar surface area (TPSA) is 71.5 Å². The van der Waals surface area contributed by atoms with E-state index in [9.17, 15) is 8.42 Å². The summed E-state index contributed by atoms with van der Waals surface area (Å²) in [6, 6.07) is 14.8. The number of nitrogens with one attached hydrogen (secondary N) is 1. The second-order valence-corrected chi connectivity index (χ2v) is 9.69. The van der Waals surface area contributed by atoms with Gasteiger partial charge in [0.2, 0.25) is 10.0 Å². The van der Waals surface area contributed by atoms with E-state index in [2.05, 4.69) is 10.3 Å². The zero-order chi connectivity index (χ0) is 21.6. The first-order valence-corrected chi connectivity index (χ1v) is 12.2. The molecule has 2 aromatic carbocycles. The first-order valence-electron chi connectivity index (χ1n) is 9.89. The van der Waals surface area contributed by atoms with Crippen LogP contribution in [0.3, 0.4) is 0 Å². The second kappa shape index (κ2) is 10.1. The van der Waals surface area contributed by atoms with E-state index in [0.717, 1.165) is 22.1 Å². The van der Waals surface area contributed by atoms with E-state index in [0.29, 0.717) is 31.1 Å². The molecule has 0 spiro atoms. The Balaban J connectivity index is 1.59. The molecule has 1 aromatic heterocycles. The van der Waals surface area contributed by atoms with Gasteiger partial charge in [-0.05, 0) is 37.3 Å². The van der Waals surface area contributed by atoms with Crippen LogP contribution in [-0.2, 0) is 23.2 Å². The molecule has 0 atom stereocenters. The molecule has 0 saturated carbocycles. The highest BCUT2D eigenvalue weighted by Crippen LogP contribution is 2.21. The Morgan fingerprint density at radius 2 is 1.83 bits per heavy atom.